The van der Waals surface area contributed by atoms with E-state index in [0.29, 0.717) is 12.0 Å². The normalized spacial score (nSPS) is 12.4. The van der Waals surface area contributed by atoms with Gasteiger partial charge in [-0.25, -0.2) is 0 Å². The predicted molar refractivity (Wildman–Crippen MR) is 93.4 cm³/mol. The van der Waals surface area contributed by atoms with Crippen LogP contribution in [0.2, 0.25) is 0 Å². The molecule has 0 aliphatic rings. The van der Waals surface area contributed by atoms with Gasteiger partial charge < -0.3 is 10.5 Å². The lowest BCUT2D eigenvalue weighted by Gasteiger charge is -2.15. The van der Waals surface area contributed by atoms with E-state index in [1.165, 1.54) is 11.1 Å². The van der Waals surface area contributed by atoms with Gasteiger partial charge in [-0.05, 0) is 67.5 Å². The van der Waals surface area contributed by atoms with E-state index in [1.807, 2.05) is 30.3 Å². The minimum atomic E-state index is 0.306. The van der Waals surface area contributed by atoms with E-state index in [2.05, 4.69) is 39.0 Å². The molecule has 22 heavy (non-hydrogen) atoms. The molecular weight excluding hydrogens is 270 g/mol. The molecule has 0 heterocycles. The average molecular weight is 297 g/mol. The zero-order valence-electron chi connectivity index (χ0n) is 13.9. The first-order valence-corrected chi connectivity index (χ1v) is 8.14. The van der Waals surface area contributed by atoms with Crippen LogP contribution in [0.4, 0.5) is 0 Å². The number of rotatable bonds is 7. The van der Waals surface area contributed by atoms with Crippen molar-refractivity contribution in [2.24, 2.45) is 11.7 Å². The van der Waals surface area contributed by atoms with Crippen LogP contribution in [-0.2, 0) is 6.42 Å². The summed E-state index contributed by atoms with van der Waals surface area (Å²) >= 11 is 0. The van der Waals surface area contributed by atoms with Crippen molar-refractivity contribution in [2.75, 3.05) is 0 Å². The Balaban J connectivity index is 1.92. The molecule has 2 nitrogen and oxygen atoms in total. The monoisotopic (exact) mass is 297 g/mol. The summed E-state index contributed by atoms with van der Waals surface area (Å²) in [7, 11) is 0. The van der Waals surface area contributed by atoms with Crippen LogP contribution in [0.5, 0.6) is 11.5 Å². The highest BCUT2D eigenvalue weighted by Crippen LogP contribution is 2.24. The Morgan fingerprint density at radius 3 is 2.36 bits per heavy atom. The number of ether oxygens (including phenoxy) is 1. The van der Waals surface area contributed by atoms with Crippen LogP contribution in [0.25, 0.3) is 0 Å². The zero-order chi connectivity index (χ0) is 15.9. The number of benzene rings is 2. The molecule has 0 radical (unpaired) electrons. The third-order valence-corrected chi connectivity index (χ3v) is 4.13. The molecule has 2 aromatic rings. The molecule has 0 aliphatic heterocycles. The molecule has 1 atom stereocenters. The molecule has 0 spiro atoms. The van der Waals surface area contributed by atoms with Crippen LogP contribution in [0.1, 0.15) is 37.8 Å². The lowest BCUT2D eigenvalue weighted by molar-refractivity contribution is 0.452. The van der Waals surface area contributed by atoms with Crippen LogP contribution in [0.15, 0.2) is 48.5 Å². The zero-order valence-corrected chi connectivity index (χ0v) is 13.9. The summed E-state index contributed by atoms with van der Waals surface area (Å²) in [5.74, 6) is 2.33. The van der Waals surface area contributed by atoms with Crippen molar-refractivity contribution in [1.29, 1.82) is 0 Å². The van der Waals surface area contributed by atoms with E-state index in [0.717, 1.165) is 30.8 Å². The molecular formula is C20H27NO. The minimum Gasteiger partial charge on any atom is -0.457 e. The number of aryl methyl sites for hydroxylation is 2. The van der Waals surface area contributed by atoms with Crippen molar-refractivity contribution in [3.63, 3.8) is 0 Å². The Morgan fingerprint density at radius 1 is 1.00 bits per heavy atom. The molecule has 0 amide bonds. The van der Waals surface area contributed by atoms with Crippen molar-refractivity contribution in [1.82, 2.24) is 0 Å². The molecule has 0 saturated heterocycles. The van der Waals surface area contributed by atoms with Gasteiger partial charge in [0.15, 0.2) is 0 Å². The molecule has 0 bridgehead atoms. The third-order valence-electron chi connectivity index (χ3n) is 4.13. The number of hydrogen-bond acceptors (Lipinski definition) is 2. The molecule has 2 aromatic carbocycles. The number of nitrogens with two attached hydrogens (primary N) is 1. The Bertz CT molecular complexity index is 578. The van der Waals surface area contributed by atoms with E-state index >= 15 is 0 Å². The fourth-order valence-corrected chi connectivity index (χ4v) is 2.50. The lowest BCUT2D eigenvalue weighted by Crippen LogP contribution is -2.26. The van der Waals surface area contributed by atoms with Crippen LogP contribution in [0, 0.1) is 12.8 Å². The highest BCUT2D eigenvalue weighted by molar-refractivity contribution is 5.37. The molecule has 2 heteroatoms. The van der Waals surface area contributed by atoms with Crippen molar-refractivity contribution in [2.45, 2.75) is 46.1 Å². The highest BCUT2D eigenvalue weighted by atomic mass is 16.5. The quantitative estimate of drug-likeness (QED) is 0.772. The number of para-hydroxylation sites is 1. The van der Waals surface area contributed by atoms with Crippen LogP contribution in [0.3, 0.4) is 0 Å². The number of hydrogen-bond donors (Lipinski definition) is 1. The first-order valence-electron chi connectivity index (χ1n) is 8.14. The lowest BCUT2D eigenvalue weighted by atomic mass is 9.96. The largest absolute Gasteiger partial charge is 0.457 e. The minimum absolute atomic E-state index is 0.306. The molecule has 2 rings (SSSR count). The molecule has 0 aromatic heterocycles. The van der Waals surface area contributed by atoms with Gasteiger partial charge in [-0.2, -0.15) is 0 Å². The molecule has 0 aliphatic carbocycles. The Kier molecular flexibility index (Phi) is 6.02. The van der Waals surface area contributed by atoms with Crippen molar-refractivity contribution >= 4 is 0 Å². The fourth-order valence-electron chi connectivity index (χ4n) is 2.50. The summed E-state index contributed by atoms with van der Waals surface area (Å²) in [6.07, 6.45) is 3.30. The van der Waals surface area contributed by atoms with E-state index in [9.17, 15) is 0 Å². The first-order chi connectivity index (χ1) is 10.6. The predicted octanol–water partition coefficient (Wildman–Crippen LogP) is 5.09. The summed E-state index contributed by atoms with van der Waals surface area (Å²) in [5.41, 5.74) is 8.78. The first kappa shape index (κ1) is 16.6. The smallest absolute Gasteiger partial charge is 0.127 e. The molecule has 118 valence electrons. The van der Waals surface area contributed by atoms with Gasteiger partial charge in [0.1, 0.15) is 11.5 Å². The van der Waals surface area contributed by atoms with Crippen LogP contribution < -0.4 is 10.5 Å². The van der Waals surface area contributed by atoms with Gasteiger partial charge in [-0.1, -0.05) is 38.1 Å². The van der Waals surface area contributed by atoms with E-state index in [4.69, 9.17) is 10.5 Å². The molecule has 0 saturated carbocycles. The van der Waals surface area contributed by atoms with E-state index < -0.39 is 0 Å². The van der Waals surface area contributed by atoms with E-state index in [1.54, 1.807) is 0 Å². The molecule has 0 fully saturated rings. The summed E-state index contributed by atoms with van der Waals surface area (Å²) in [6, 6.07) is 16.5. The second-order valence-electron chi connectivity index (χ2n) is 6.30. The second kappa shape index (κ2) is 8.00. The standard InChI is InChI=1S/C20H27NO/c1-15(2)20(21)11-7-8-17-12-13-19(14-16(17)3)22-18-9-5-4-6-10-18/h4-6,9-10,12-15,20H,7-8,11,21H2,1-3H3. The Morgan fingerprint density at radius 2 is 1.73 bits per heavy atom. The van der Waals surface area contributed by atoms with Crippen LogP contribution in [-0.4, -0.2) is 6.04 Å². The average Bonchev–Trinajstić information content (AvgIpc) is 2.50. The maximum atomic E-state index is 6.11. The van der Waals surface area contributed by atoms with Gasteiger partial charge in [0.2, 0.25) is 0 Å². The second-order valence-corrected chi connectivity index (χ2v) is 6.30. The third kappa shape index (κ3) is 4.88. The van der Waals surface area contributed by atoms with Gasteiger partial charge in [-0.3, -0.25) is 0 Å². The maximum absolute atomic E-state index is 6.11. The summed E-state index contributed by atoms with van der Waals surface area (Å²) in [6.45, 7) is 6.52. The topological polar surface area (TPSA) is 35.2 Å². The van der Waals surface area contributed by atoms with Gasteiger partial charge in [0.05, 0.1) is 0 Å². The van der Waals surface area contributed by atoms with Gasteiger partial charge in [0.25, 0.3) is 0 Å². The van der Waals surface area contributed by atoms with Crippen molar-refractivity contribution < 1.29 is 4.74 Å². The van der Waals surface area contributed by atoms with Crippen molar-refractivity contribution in [3.8, 4) is 11.5 Å². The Labute approximate surface area is 134 Å². The maximum Gasteiger partial charge on any atom is 0.127 e. The molecule has 2 N–H and O–H groups in total. The fraction of sp³-hybridized carbons (Fsp3) is 0.400. The van der Waals surface area contributed by atoms with Crippen LogP contribution >= 0.6 is 0 Å². The van der Waals surface area contributed by atoms with Gasteiger partial charge in [0, 0.05) is 6.04 Å². The van der Waals surface area contributed by atoms with Crippen molar-refractivity contribution in [3.05, 3.63) is 59.7 Å². The van der Waals surface area contributed by atoms with E-state index in [-0.39, 0.29) is 0 Å². The summed E-state index contributed by atoms with van der Waals surface area (Å²) in [5, 5.41) is 0. The van der Waals surface area contributed by atoms with Gasteiger partial charge >= 0.3 is 0 Å². The summed E-state index contributed by atoms with van der Waals surface area (Å²) < 4.78 is 5.87. The van der Waals surface area contributed by atoms with Gasteiger partial charge in [-0.15, -0.1) is 0 Å². The SMILES string of the molecule is Cc1cc(Oc2ccccc2)ccc1CCCC(N)C(C)C. The highest BCUT2D eigenvalue weighted by Gasteiger charge is 2.08. The molecule has 1 unspecified atom stereocenters. The Hall–Kier alpha value is -1.80. The summed E-state index contributed by atoms with van der Waals surface area (Å²) in [4.78, 5) is 0.